The van der Waals surface area contributed by atoms with Gasteiger partial charge in [-0.1, -0.05) is 20.8 Å². The van der Waals surface area contributed by atoms with Gasteiger partial charge in [-0.15, -0.1) is 0 Å². The zero-order chi connectivity index (χ0) is 23.5. The average Bonchev–Trinajstić information content (AvgIpc) is 3.46. The number of aromatic nitrogens is 5. The second-order valence-corrected chi connectivity index (χ2v) is 9.78. The quantitative estimate of drug-likeness (QED) is 0.477. The number of pyridine rings is 1. The molecular formula is C25H27FN6O. The first-order valence-corrected chi connectivity index (χ1v) is 11.1. The van der Waals surface area contributed by atoms with E-state index in [9.17, 15) is 9.18 Å². The van der Waals surface area contributed by atoms with E-state index in [4.69, 9.17) is 10.1 Å². The number of anilines is 1. The highest BCUT2D eigenvalue weighted by Crippen LogP contribution is 2.40. The zero-order valence-corrected chi connectivity index (χ0v) is 19.5. The number of hydrogen-bond acceptors (Lipinski definition) is 4. The first-order valence-electron chi connectivity index (χ1n) is 11.1. The minimum atomic E-state index is -0.327. The molecule has 1 aromatic carbocycles. The van der Waals surface area contributed by atoms with Crippen molar-refractivity contribution < 1.29 is 9.18 Å². The van der Waals surface area contributed by atoms with E-state index in [2.05, 4.69) is 31.2 Å². The third-order valence-electron chi connectivity index (χ3n) is 6.02. The van der Waals surface area contributed by atoms with Crippen molar-refractivity contribution in [1.29, 1.82) is 0 Å². The molecule has 3 aromatic heterocycles. The molecule has 170 valence electrons. The van der Waals surface area contributed by atoms with Crippen LogP contribution in [0.25, 0.3) is 16.7 Å². The number of nitrogens with one attached hydrogen (secondary N) is 1. The van der Waals surface area contributed by atoms with Crippen molar-refractivity contribution in [3.8, 4) is 5.69 Å². The normalized spacial score (nSPS) is 14.1. The summed E-state index contributed by atoms with van der Waals surface area (Å²) < 4.78 is 16.9. The number of nitrogens with zero attached hydrogens (tertiary/aromatic N) is 5. The fraction of sp³-hybridized carbons (Fsp3) is 0.360. The van der Waals surface area contributed by atoms with Crippen molar-refractivity contribution in [3.63, 3.8) is 0 Å². The highest BCUT2D eigenvalue weighted by Gasteiger charge is 2.29. The smallest absolute Gasteiger partial charge is 0.257 e. The van der Waals surface area contributed by atoms with Gasteiger partial charge in [-0.25, -0.2) is 14.1 Å². The molecule has 1 aliphatic carbocycles. The molecule has 5 rings (SSSR count). The molecule has 1 aliphatic rings. The summed E-state index contributed by atoms with van der Waals surface area (Å²) in [6.07, 6.45) is 2.17. The van der Waals surface area contributed by atoms with Gasteiger partial charge >= 0.3 is 0 Å². The first-order chi connectivity index (χ1) is 15.6. The van der Waals surface area contributed by atoms with Crippen molar-refractivity contribution in [2.24, 2.45) is 7.05 Å². The van der Waals surface area contributed by atoms with E-state index in [-0.39, 0.29) is 17.1 Å². The molecule has 1 saturated carbocycles. The summed E-state index contributed by atoms with van der Waals surface area (Å²) in [5, 5.41) is 13.0. The van der Waals surface area contributed by atoms with Crippen molar-refractivity contribution in [2.45, 2.75) is 51.9 Å². The number of amides is 1. The van der Waals surface area contributed by atoms with Gasteiger partial charge in [-0.3, -0.25) is 9.48 Å². The van der Waals surface area contributed by atoms with Gasteiger partial charge in [0.2, 0.25) is 0 Å². The lowest BCUT2D eigenvalue weighted by Gasteiger charge is -2.14. The van der Waals surface area contributed by atoms with Gasteiger partial charge in [0, 0.05) is 30.1 Å². The molecule has 3 heterocycles. The maximum Gasteiger partial charge on any atom is 0.257 e. The minimum Gasteiger partial charge on any atom is -0.306 e. The predicted molar refractivity (Wildman–Crippen MR) is 125 cm³/mol. The standard InChI is InChI=1S/C25H27FN6O/c1-14-22-18(12-19(15-6-7-15)27-23(22)31(5)29-14)24(33)28-21-13-20(25(2,3)4)30-32(21)17-10-8-16(26)9-11-17/h8-13,15H,6-7H2,1-5H3,(H,28,33). The Labute approximate surface area is 191 Å². The van der Waals surface area contributed by atoms with Crippen molar-refractivity contribution in [1.82, 2.24) is 24.5 Å². The molecular weight excluding hydrogens is 419 g/mol. The largest absolute Gasteiger partial charge is 0.306 e. The van der Waals surface area contributed by atoms with Gasteiger partial charge in [-0.2, -0.15) is 10.2 Å². The third kappa shape index (κ3) is 3.90. The molecule has 8 heteroatoms. The summed E-state index contributed by atoms with van der Waals surface area (Å²) in [6, 6.07) is 9.82. The van der Waals surface area contributed by atoms with E-state index in [1.54, 1.807) is 21.5 Å². The van der Waals surface area contributed by atoms with E-state index < -0.39 is 0 Å². The second-order valence-electron chi connectivity index (χ2n) is 9.78. The molecule has 1 N–H and O–H groups in total. The number of fused-ring (bicyclic) bond motifs is 1. The molecule has 0 saturated heterocycles. The van der Waals surface area contributed by atoms with Crippen LogP contribution in [-0.4, -0.2) is 30.5 Å². The van der Waals surface area contributed by atoms with Gasteiger partial charge in [-0.05, 0) is 50.1 Å². The Hall–Kier alpha value is -3.55. The molecule has 0 unspecified atom stereocenters. The van der Waals surface area contributed by atoms with Gasteiger partial charge < -0.3 is 5.32 Å². The van der Waals surface area contributed by atoms with Crippen LogP contribution in [0.5, 0.6) is 0 Å². The van der Waals surface area contributed by atoms with E-state index in [1.165, 1.54) is 12.1 Å². The summed E-state index contributed by atoms with van der Waals surface area (Å²) in [5.74, 6) is 0.347. The fourth-order valence-electron chi connectivity index (χ4n) is 4.03. The molecule has 0 radical (unpaired) electrons. The number of rotatable bonds is 4. The van der Waals surface area contributed by atoms with Gasteiger partial charge in [0.1, 0.15) is 11.6 Å². The highest BCUT2D eigenvalue weighted by molar-refractivity contribution is 6.12. The second kappa shape index (κ2) is 7.50. The lowest BCUT2D eigenvalue weighted by atomic mass is 9.92. The van der Waals surface area contributed by atoms with Crippen LogP contribution in [0.1, 0.15) is 67.0 Å². The van der Waals surface area contributed by atoms with Crippen LogP contribution in [0, 0.1) is 12.7 Å². The van der Waals surface area contributed by atoms with Crippen LogP contribution >= 0.6 is 0 Å². The number of carbonyl (C=O) groups is 1. The molecule has 0 atom stereocenters. The predicted octanol–water partition coefficient (Wildman–Crippen LogP) is 5.03. The molecule has 1 amide bonds. The fourth-order valence-corrected chi connectivity index (χ4v) is 4.03. The molecule has 4 aromatic rings. The maximum absolute atomic E-state index is 13.6. The van der Waals surface area contributed by atoms with E-state index in [0.717, 1.165) is 35.3 Å². The highest BCUT2D eigenvalue weighted by atomic mass is 19.1. The Balaban J connectivity index is 1.60. The van der Waals surface area contributed by atoms with Gasteiger partial charge in [0.15, 0.2) is 5.65 Å². The van der Waals surface area contributed by atoms with Crippen LogP contribution in [0.3, 0.4) is 0 Å². The lowest BCUT2D eigenvalue weighted by molar-refractivity contribution is 0.102. The Morgan fingerprint density at radius 1 is 1.12 bits per heavy atom. The average molecular weight is 447 g/mol. The van der Waals surface area contributed by atoms with Crippen molar-refractivity contribution in [3.05, 3.63) is 64.9 Å². The molecule has 0 bridgehead atoms. The Bertz CT molecular complexity index is 1370. The molecule has 1 fully saturated rings. The van der Waals surface area contributed by atoms with Crippen molar-refractivity contribution >= 4 is 22.8 Å². The molecule has 0 aliphatic heterocycles. The number of aryl methyl sites for hydroxylation is 2. The molecule has 0 spiro atoms. The number of hydrogen-bond donors (Lipinski definition) is 1. The maximum atomic E-state index is 13.6. The van der Waals surface area contributed by atoms with Crippen LogP contribution < -0.4 is 5.32 Å². The van der Waals surface area contributed by atoms with E-state index in [1.807, 2.05) is 26.1 Å². The Morgan fingerprint density at radius 2 is 1.82 bits per heavy atom. The summed E-state index contributed by atoms with van der Waals surface area (Å²) in [5.41, 5.74) is 4.21. The molecule has 7 nitrogen and oxygen atoms in total. The number of benzene rings is 1. The van der Waals surface area contributed by atoms with E-state index >= 15 is 0 Å². The zero-order valence-electron chi connectivity index (χ0n) is 19.5. The minimum absolute atomic E-state index is 0.228. The Morgan fingerprint density at radius 3 is 2.45 bits per heavy atom. The topological polar surface area (TPSA) is 77.6 Å². The summed E-state index contributed by atoms with van der Waals surface area (Å²) in [6.45, 7) is 8.06. The van der Waals surface area contributed by atoms with Crippen LogP contribution in [-0.2, 0) is 12.5 Å². The number of carbonyl (C=O) groups excluding carboxylic acids is 1. The SMILES string of the molecule is Cc1nn(C)c2nc(C3CC3)cc(C(=O)Nc3cc(C(C)(C)C)nn3-c3ccc(F)cc3)c12. The molecule has 33 heavy (non-hydrogen) atoms. The van der Waals surface area contributed by atoms with E-state index in [0.29, 0.717) is 28.6 Å². The Kier molecular flexibility index (Phi) is 4.84. The van der Waals surface area contributed by atoms with Gasteiger partial charge in [0.05, 0.1) is 28.0 Å². The van der Waals surface area contributed by atoms with Crippen LogP contribution in [0.4, 0.5) is 10.2 Å². The van der Waals surface area contributed by atoms with Crippen molar-refractivity contribution in [2.75, 3.05) is 5.32 Å². The van der Waals surface area contributed by atoms with Crippen LogP contribution in [0.15, 0.2) is 36.4 Å². The third-order valence-corrected chi connectivity index (χ3v) is 6.02. The van der Waals surface area contributed by atoms with Crippen LogP contribution in [0.2, 0.25) is 0 Å². The first kappa shape index (κ1) is 21.3. The lowest BCUT2D eigenvalue weighted by Crippen LogP contribution is -2.16. The van der Waals surface area contributed by atoms with Gasteiger partial charge in [0.25, 0.3) is 5.91 Å². The summed E-state index contributed by atoms with van der Waals surface area (Å²) in [4.78, 5) is 18.4. The monoisotopic (exact) mass is 446 g/mol. The summed E-state index contributed by atoms with van der Waals surface area (Å²) >= 11 is 0. The number of halogens is 1. The summed E-state index contributed by atoms with van der Waals surface area (Å²) in [7, 11) is 1.85.